The predicted molar refractivity (Wildman–Crippen MR) is 80.8 cm³/mol. The molecule has 0 amide bonds. The summed E-state index contributed by atoms with van der Waals surface area (Å²) < 4.78 is 11.2. The molecule has 1 aromatic carbocycles. The van der Waals surface area contributed by atoms with E-state index in [1.165, 1.54) is 11.1 Å². The Bertz CT molecular complexity index is 377. The predicted octanol–water partition coefficient (Wildman–Crippen LogP) is 4.39. The smallest absolute Gasteiger partial charge is 0.119 e. The minimum Gasteiger partial charge on any atom is -0.490 e. The first kappa shape index (κ1) is 15.8. The molecular weight excluding hydrogens is 236 g/mol. The number of aryl methyl sites for hydroxylation is 1. The first-order valence-electron chi connectivity index (χ1n) is 7.10. The van der Waals surface area contributed by atoms with Gasteiger partial charge in [-0.1, -0.05) is 24.6 Å². The van der Waals surface area contributed by atoms with Crippen LogP contribution >= 0.6 is 0 Å². The molecule has 2 nitrogen and oxygen atoms in total. The average molecular weight is 262 g/mol. The van der Waals surface area contributed by atoms with Crippen LogP contribution < -0.4 is 4.74 Å². The maximum absolute atomic E-state index is 5.69. The second-order valence-corrected chi connectivity index (χ2v) is 5.03. The SMILES string of the molecule is CCc1ccc(OCC=C(C)CCOC(C)C)cc1. The molecule has 0 spiro atoms. The molecule has 0 bridgehead atoms. The van der Waals surface area contributed by atoms with Gasteiger partial charge in [0.1, 0.15) is 12.4 Å². The van der Waals surface area contributed by atoms with E-state index in [1.807, 2.05) is 12.1 Å². The zero-order chi connectivity index (χ0) is 14.1. The minimum absolute atomic E-state index is 0.307. The average Bonchev–Trinajstić information content (AvgIpc) is 2.39. The molecule has 0 unspecified atom stereocenters. The third-order valence-electron chi connectivity index (χ3n) is 2.96. The van der Waals surface area contributed by atoms with Gasteiger partial charge in [-0.3, -0.25) is 0 Å². The zero-order valence-corrected chi connectivity index (χ0v) is 12.6. The summed E-state index contributed by atoms with van der Waals surface area (Å²) in [6, 6.07) is 8.29. The van der Waals surface area contributed by atoms with Gasteiger partial charge in [-0.15, -0.1) is 0 Å². The first-order chi connectivity index (χ1) is 9.11. The summed E-state index contributed by atoms with van der Waals surface area (Å²) in [6.45, 7) is 9.79. The van der Waals surface area contributed by atoms with Crippen LogP contribution in [0.3, 0.4) is 0 Å². The summed E-state index contributed by atoms with van der Waals surface area (Å²) in [5.74, 6) is 0.930. The molecular formula is C17H26O2. The van der Waals surface area contributed by atoms with Gasteiger partial charge in [-0.25, -0.2) is 0 Å². The Morgan fingerprint density at radius 1 is 1.21 bits per heavy atom. The minimum atomic E-state index is 0.307. The summed E-state index contributed by atoms with van der Waals surface area (Å²) in [5, 5.41) is 0. The van der Waals surface area contributed by atoms with Gasteiger partial charge in [0.15, 0.2) is 0 Å². The van der Waals surface area contributed by atoms with Crippen LogP contribution in [-0.4, -0.2) is 19.3 Å². The molecule has 106 valence electrons. The van der Waals surface area contributed by atoms with E-state index in [2.05, 4.69) is 45.9 Å². The standard InChI is InChI=1S/C17H26O2/c1-5-16-6-8-17(9-7-16)19-13-11-15(4)10-12-18-14(2)3/h6-9,11,14H,5,10,12-13H2,1-4H3. The summed E-state index contributed by atoms with van der Waals surface area (Å²) in [5.41, 5.74) is 2.65. The lowest BCUT2D eigenvalue weighted by Gasteiger charge is -2.08. The monoisotopic (exact) mass is 262 g/mol. The molecule has 1 rings (SSSR count). The fraction of sp³-hybridized carbons (Fsp3) is 0.529. The fourth-order valence-corrected chi connectivity index (χ4v) is 1.66. The lowest BCUT2D eigenvalue weighted by molar-refractivity contribution is 0.0813. The Hall–Kier alpha value is -1.28. The van der Waals surface area contributed by atoms with Crippen molar-refractivity contribution in [2.75, 3.05) is 13.2 Å². The lowest BCUT2D eigenvalue weighted by Crippen LogP contribution is -2.04. The Morgan fingerprint density at radius 2 is 1.89 bits per heavy atom. The number of hydrogen-bond acceptors (Lipinski definition) is 2. The zero-order valence-electron chi connectivity index (χ0n) is 12.6. The van der Waals surface area contributed by atoms with Gasteiger partial charge in [0.05, 0.1) is 12.7 Å². The van der Waals surface area contributed by atoms with E-state index < -0.39 is 0 Å². The molecule has 0 atom stereocenters. The normalized spacial score (nSPS) is 11.9. The molecule has 0 saturated heterocycles. The van der Waals surface area contributed by atoms with Gasteiger partial charge >= 0.3 is 0 Å². The van der Waals surface area contributed by atoms with E-state index >= 15 is 0 Å². The topological polar surface area (TPSA) is 18.5 Å². The van der Waals surface area contributed by atoms with Crippen LogP contribution in [0, 0.1) is 0 Å². The van der Waals surface area contributed by atoms with E-state index in [4.69, 9.17) is 9.47 Å². The fourth-order valence-electron chi connectivity index (χ4n) is 1.66. The molecule has 0 radical (unpaired) electrons. The van der Waals surface area contributed by atoms with Gasteiger partial charge in [-0.2, -0.15) is 0 Å². The van der Waals surface area contributed by atoms with E-state index in [1.54, 1.807) is 0 Å². The van der Waals surface area contributed by atoms with Crippen molar-refractivity contribution in [3.63, 3.8) is 0 Å². The molecule has 0 aliphatic heterocycles. The van der Waals surface area contributed by atoms with Crippen LogP contribution in [0.2, 0.25) is 0 Å². The Kier molecular flexibility index (Phi) is 7.27. The highest BCUT2D eigenvalue weighted by molar-refractivity contribution is 5.27. The van der Waals surface area contributed by atoms with Gasteiger partial charge in [0, 0.05) is 0 Å². The molecule has 0 aliphatic carbocycles. The van der Waals surface area contributed by atoms with E-state index in [0.29, 0.717) is 12.7 Å². The maximum Gasteiger partial charge on any atom is 0.119 e. The molecule has 0 fully saturated rings. The van der Waals surface area contributed by atoms with Crippen LogP contribution in [0.5, 0.6) is 5.75 Å². The largest absolute Gasteiger partial charge is 0.490 e. The molecule has 0 aliphatic rings. The summed E-state index contributed by atoms with van der Waals surface area (Å²) in [4.78, 5) is 0. The summed E-state index contributed by atoms with van der Waals surface area (Å²) in [6.07, 6.45) is 4.46. The summed E-state index contributed by atoms with van der Waals surface area (Å²) in [7, 11) is 0. The van der Waals surface area contributed by atoms with Crippen molar-refractivity contribution < 1.29 is 9.47 Å². The Labute approximate surface area is 117 Å². The second kappa shape index (κ2) is 8.76. The quantitative estimate of drug-likeness (QED) is 0.647. The van der Waals surface area contributed by atoms with Crippen LogP contribution in [0.15, 0.2) is 35.9 Å². The first-order valence-corrected chi connectivity index (χ1v) is 7.10. The van der Waals surface area contributed by atoms with Crippen LogP contribution in [-0.2, 0) is 11.2 Å². The van der Waals surface area contributed by atoms with Gasteiger partial charge in [0.2, 0.25) is 0 Å². The van der Waals surface area contributed by atoms with Crippen molar-refractivity contribution >= 4 is 0 Å². The highest BCUT2D eigenvalue weighted by atomic mass is 16.5. The second-order valence-electron chi connectivity index (χ2n) is 5.03. The van der Waals surface area contributed by atoms with E-state index in [0.717, 1.165) is 25.2 Å². The van der Waals surface area contributed by atoms with Gasteiger partial charge < -0.3 is 9.47 Å². The number of hydrogen-bond donors (Lipinski definition) is 0. The van der Waals surface area contributed by atoms with Crippen molar-refractivity contribution in [3.05, 3.63) is 41.5 Å². The third kappa shape index (κ3) is 7.02. The molecule has 1 aromatic rings. The number of ether oxygens (including phenoxy) is 2. The van der Waals surface area contributed by atoms with Crippen molar-refractivity contribution in [2.45, 2.75) is 46.6 Å². The molecule has 2 heteroatoms. The lowest BCUT2D eigenvalue weighted by atomic mass is 10.2. The van der Waals surface area contributed by atoms with Crippen molar-refractivity contribution in [3.8, 4) is 5.75 Å². The Morgan fingerprint density at radius 3 is 2.47 bits per heavy atom. The van der Waals surface area contributed by atoms with Crippen LogP contribution in [0.4, 0.5) is 0 Å². The molecule has 19 heavy (non-hydrogen) atoms. The van der Waals surface area contributed by atoms with Crippen molar-refractivity contribution in [1.82, 2.24) is 0 Å². The number of rotatable bonds is 8. The number of benzene rings is 1. The third-order valence-corrected chi connectivity index (χ3v) is 2.96. The van der Waals surface area contributed by atoms with Crippen molar-refractivity contribution in [1.29, 1.82) is 0 Å². The van der Waals surface area contributed by atoms with Gasteiger partial charge in [0.25, 0.3) is 0 Å². The highest BCUT2D eigenvalue weighted by Gasteiger charge is 1.96. The van der Waals surface area contributed by atoms with Crippen LogP contribution in [0.25, 0.3) is 0 Å². The van der Waals surface area contributed by atoms with Crippen molar-refractivity contribution in [2.24, 2.45) is 0 Å². The molecule has 0 saturated carbocycles. The van der Waals surface area contributed by atoms with E-state index in [-0.39, 0.29) is 0 Å². The molecule has 0 aromatic heterocycles. The van der Waals surface area contributed by atoms with E-state index in [9.17, 15) is 0 Å². The van der Waals surface area contributed by atoms with Gasteiger partial charge in [-0.05, 0) is 57.4 Å². The maximum atomic E-state index is 5.69. The highest BCUT2D eigenvalue weighted by Crippen LogP contribution is 2.12. The molecule has 0 heterocycles. The molecule has 0 N–H and O–H groups in total. The Balaban J connectivity index is 2.27. The van der Waals surface area contributed by atoms with Crippen LogP contribution in [0.1, 0.15) is 39.7 Å². The summed E-state index contributed by atoms with van der Waals surface area (Å²) >= 11 is 0.